The maximum Gasteiger partial charge on any atom is 0.153 e. The number of rotatable bonds is 2. The van der Waals surface area contributed by atoms with Gasteiger partial charge in [0.25, 0.3) is 0 Å². The molecular formula is C38H22OS. The van der Waals surface area contributed by atoms with Crippen molar-refractivity contribution >= 4 is 75.7 Å². The number of hydrogen-bond acceptors (Lipinski definition) is 2. The van der Waals surface area contributed by atoms with Crippen LogP contribution >= 0.6 is 11.3 Å². The fraction of sp³-hybridized carbons (Fsp3) is 0. The van der Waals surface area contributed by atoms with Gasteiger partial charge in [0.15, 0.2) is 5.58 Å². The first-order valence-electron chi connectivity index (χ1n) is 13.6. The van der Waals surface area contributed by atoms with Crippen LogP contribution in [0.2, 0.25) is 0 Å². The second-order valence-corrected chi connectivity index (χ2v) is 11.3. The van der Waals surface area contributed by atoms with Crippen molar-refractivity contribution in [1.29, 1.82) is 0 Å². The predicted octanol–water partition coefficient (Wildman–Crippen LogP) is 11.6. The van der Waals surface area contributed by atoms with Crippen LogP contribution in [0, 0.1) is 0 Å². The van der Waals surface area contributed by atoms with Crippen molar-refractivity contribution in [3.8, 4) is 22.3 Å². The second-order valence-electron chi connectivity index (χ2n) is 10.4. The monoisotopic (exact) mass is 526 g/mol. The van der Waals surface area contributed by atoms with Gasteiger partial charge in [-0.1, -0.05) is 109 Å². The fourth-order valence-electron chi connectivity index (χ4n) is 6.66. The average Bonchev–Trinajstić information content (AvgIpc) is 3.65. The molecular weight excluding hydrogens is 504 g/mol. The quantitative estimate of drug-likeness (QED) is 0.204. The van der Waals surface area contributed by atoms with Crippen LogP contribution in [0.4, 0.5) is 0 Å². The van der Waals surface area contributed by atoms with Crippen LogP contribution in [0.3, 0.4) is 0 Å². The Morgan fingerprint density at radius 1 is 0.425 bits per heavy atom. The predicted molar refractivity (Wildman–Crippen MR) is 172 cm³/mol. The summed E-state index contributed by atoms with van der Waals surface area (Å²) >= 11 is 1.76. The third-order valence-electron chi connectivity index (χ3n) is 8.34. The lowest BCUT2D eigenvalue weighted by Gasteiger charge is -2.19. The highest BCUT2D eigenvalue weighted by molar-refractivity contribution is 7.18. The molecule has 0 aliphatic heterocycles. The number of hydrogen-bond donors (Lipinski definition) is 0. The molecule has 7 aromatic carbocycles. The molecule has 0 unspecified atom stereocenters. The molecule has 0 N–H and O–H groups in total. The fourth-order valence-corrected chi connectivity index (χ4v) is 7.56. The van der Waals surface area contributed by atoms with Crippen LogP contribution in [0.15, 0.2) is 137 Å². The standard InChI is InChI=1S/C38H22OS/c1-2-12-24-23(10-1)11-9-18-26(24)35-27-14-3-5-16-29(27)36(30-17-6-4-15-28(30)35)32-22-33-25-13-7-8-19-34(25)39-37(33)38-31(32)20-21-40-38/h1-22H. The van der Waals surface area contributed by atoms with E-state index in [1.807, 2.05) is 6.07 Å². The third kappa shape index (κ3) is 2.97. The van der Waals surface area contributed by atoms with Crippen LogP contribution < -0.4 is 0 Å². The van der Waals surface area contributed by atoms with Crippen molar-refractivity contribution in [3.05, 3.63) is 133 Å². The molecule has 0 atom stereocenters. The molecule has 0 radical (unpaired) electrons. The number of benzene rings is 7. The van der Waals surface area contributed by atoms with E-state index in [4.69, 9.17) is 4.42 Å². The van der Waals surface area contributed by atoms with E-state index in [9.17, 15) is 0 Å². The normalized spacial score (nSPS) is 12.0. The summed E-state index contributed by atoms with van der Waals surface area (Å²) in [5.41, 5.74) is 7.02. The largest absolute Gasteiger partial charge is 0.455 e. The smallest absolute Gasteiger partial charge is 0.153 e. The highest BCUT2D eigenvalue weighted by Gasteiger charge is 2.21. The van der Waals surface area contributed by atoms with E-state index in [-0.39, 0.29) is 0 Å². The minimum atomic E-state index is 0.936. The SMILES string of the molecule is c1ccc2c(-c3c4ccccc4c(-c4cc5c6ccccc6oc5c5sccc45)c4ccccc34)cccc2c1. The van der Waals surface area contributed by atoms with Gasteiger partial charge in [-0.2, -0.15) is 0 Å². The van der Waals surface area contributed by atoms with Gasteiger partial charge in [-0.15, -0.1) is 11.3 Å². The van der Waals surface area contributed by atoms with E-state index in [1.54, 1.807) is 11.3 Å². The zero-order valence-electron chi connectivity index (χ0n) is 21.5. The zero-order chi connectivity index (χ0) is 26.2. The topological polar surface area (TPSA) is 13.1 Å². The molecule has 0 aliphatic carbocycles. The maximum absolute atomic E-state index is 6.42. The van der Waals surface area contributed by atoms with Crippen molar-refractivity contribution in [3.63, 3.8) is 0 Å². The maximum atomic E-state index is 6.42. The summed E-state index contributed by atoms with van der Waals surface area (Å²) in [6, 6.07) is 46.2. The van der Waals surface area contributed by atoms with Gasteiger partial charge in [-0.3, -0.25) is 0 Å². The lowest BCUT2D eigenvalue weighted by Crippen LogP contribution is -1.92. The van der Waals surface area contributed by atoms with E-state index >= 15 is 0 Å². The lowest BCUT2D eigenvalue weighted by atomic mass is 9.84. The Balaban J connectivity index is 1.49. The Morgan fingerprint density at radius 3 is 1.73 bits per heavy atom. The van der Waals surface area contributed by atoms with Gasteiger partial charge in [0, 0.05) is 16.2 Å². The number of thiophene rings is 1. The molecule has 0 aliphatic rings. The van der Waals surface area contributed by atoms with Crippen molar-refractivity contribution in [2.45, 2.75) is 0 Å². The molecule has 0 saturated heterocycles. The van der Waals surface area contributed by atoms with E-state index in [0.29, 0.717) is 0 Å². The number of furan rings is 1. The van der Waals surface area contributed by atoms with Crippen LogP contribution in [-0.4, -0.2) is 0 Å². The first kappa shape index (κ1) is 22.0. The average molecular weight is 527 g/mol. The van der Waals surface area contributed by atoms with Gasteiger partial charge < -0.3 is 4.42 Å². The van der Waals surface area contributed by atoms with Crippen molar-refractivity contribution in [2.24, 2.45) is 0 Å². The lowest BCUT2D eigenvalue weighted by molar-refractivity contribution is 0.673. The van der Waals surface area contributed by atoms with Gasteiger partial charge in [0.05, 0.1) is 4.70 Å². The van der Waals surface area contributed by atoms with Crippen molar-refractivity contribution in [2.75, 3.05) is 0 Å². The van der Waals surface area contributed by atoms with Gasteiger partial charge in [0.1, 0.15) is 5.58 Å². The van der Waals surface area contributed by atoms with E-state index in [1.165, 1.54) is 70.0 Å². The van der Waals surface area contributed by atoms with E-state index < -0.39 is 0 Å². The van der Waals surface area contributed by atoms with Gasteiger partial charge >= 0.3 is 0 Å². The minimum absolute atomic E-state index is 0.936. The molecule has 2 aromatic heterocycles. The first-order valence-corrected chi connectivity index (χ1v) is 14.5. The molecule has 0 spiro atoms. The number of fused-ring (bicyclic) bond motifs is 8. The molecule has 186 valence electrons. The Morgan fingerprint density at radius 2 is 1.00 bits per heavy atom. The Bertz CT molecular complexity index is 2380. The molecule has 1 nitrogen and oxygen atoms in total. The molecule has 0 fully saturated rings. The van der Waals surface area contributed by atoms with Crippen LogP contribution in [0.5, 0.6) is 0 Å². The Hall–Kier alpha value is -4.92. The Labute approximate surface area is 234 Å². The molecule has 2 heteroatoms. The summed E-state index contributed by atoms with van der Waals surface area (Å²) in [6.45, 7) is 0. The highest BCUT2D eigenvalue weighted by atomic mass is 32.1. The van der Waals surface area contributed by atoms with Gasteiger partial charge in [0.2, 0.25) is 0 Å². The van der Waals surface area contributed by atoms with Crippen LogP contribution in [0.1, 0.15) is 0 Å². The molecule has 9 aromatic rings. The van der Waals surface area contributed by atoms with Gasteiger partial charge in [-0.25, -0.2) is 0 Å². The summed E-state index contributed by atoms with van der Waals surface area (Å²) in [5.74, 6) is 0. The molecule has 9 rings (SSSR count). The van der Waals surface area contributed by atoms with Crippen LogP contribution in [-0.2, 0) is 0 Å². The van der Waals surface area contributed by atoms with Gasteiger partial charge in [-0.05, 0) is 78.2 Å². The summed E-state index contributed by atoms with van der Waals surface area (Å²) in [7, 11) is 0. The van der Waals surface area contributed by atoms with Crippen molar-refractivity contribution < 1.29 is 4.42 Å². The third-order valence-corrected chi connectivity index (χ3v) is 9.26. The van der Waals surface area contributed by atoms with E-state index in [0.717, 1.165) is 16.6 Å². The highest BCUT2D eigenvalue weighted by Crippen LogP contribution is 2.49. The van der Waals surface area contributed by atoms with E-state index in [2.05, 4.69) is 127 Å². The molecule has 0 bridgehead atoms. The molecule has 2 heterocycles. The Kier molecular flexibility index (Phi) is 4.55. The van der Waals surface area contributed by atoms with Crippen molar-refractivity contribution in [1.82, 2.24) is 0 Å². The zero-order valence-corrected chi connectivity index (χ0v) is 22.3. The second kappa shape index (κ2) is 8.29. The molecule has 40 heavy (non-hydrogen) atoms. The summed E-state index contributed by atoms with van der Waals surface area (Å²) in [6.07, 6.45) is 0. The first-order chi connectivity index (χ1) is 19.9. The summed E-state index contributed by atoms with van der Waals surface area (Å²) in [4.78, 5) is 0. The summed E-state index contributed by atoms with van der Waals surface area (Å²) < 4.78 is 7.62. The molecule has 0 amide bonds. The molecule has 0 saturated carbocycles. The van der Waals surface area contributed by atoms with Crippen LogP contribution in [0.25, 0.3) is 86.6 Å². The summed E-state index contributed by atoms with van der Waals surface area (Å²) in [5, 5.41) is 13.4. The minimum Gasteiger partial charge on any atom is -0.455 e. The number of para-hydroxylation sites is 1.